The van der Waals surface area contributed by atoms with Crippen molar-refractivity contribution < 1.29 is 4.79 Å². The molecular weight excluding hydrogens is 306 g/mol. The highest BCUT2D eigenvalue weighted by Gasteiger charge is 2.05. The third kappa shape index (κ3) is 2.94. The van der Waals surface area contributed by atoms with Gasteiger partial charge in [-0.1, -0.05) is 48.5 Å². The molecule has 0 heterocycles. The van der Waals surface area contributed by atoms with Crippen LogP contribution in [0, 0.1) is 0 Å². The summed E-state index contributed by atoms with van der Waals surface area (Å²) in [4.78, 5) is 16.0. The molecule has 0 unspecified atom stereocenters. The summed E-state index contributed by atoms with van der Waals surface area (Å²) in [5, 5.41) is 4.78. The van der Waals surface area contributed by atoms with Gasteiger partial charge in [-0.3, -0.25) is 9.79 Å². The van der Waals surface area contributed by atoms with Crippen LogP contribution in [0.5, 0.6) is 0 Å². The number of ketones is 1. The molecule has 0 aromatic heterocycles. The van der Waals surface area contributed by atoms with Gasteiger partial charge in [0.2, 0.25) is 0 Å². The number of aliphatic imine (C=N–C) groups is 1. The smallest absolute Gasteiger partial charge is 0.159 e. The molecule has 4 rings (SSSR count). The summed E-state index contributed by atoms with van der Waals surface area (Å²) in [5.74, 6) is 0.0653. The highest BCUT2D eigenvalue weighted by molar-refractivity contribution is 6.13. The summed E-state index contributed by atoms with van der Waals surface area (Å²) in [6, 6.07) is 26.3. The standard InChI is InChI=1S/C23H17NO/c1-16(25)17-10-12-20(13-11-17)24-15-23-21-8-4-2-6-18(21)14-19-7-3-5-9-22(19)23/h2-15H,1H3. The van der Waals surface area contributed by atoms with E-state index in [1.165, 1.54) is 21.5 Å². The van der Waals surface area contributed by atoms with Crippen molar-refractivity contribution in [3.8, 4) is 0 Å². The third-order valence-corrected chi connectivity index (χ3v) is 4.43. The number of benzene rings is 4. The Morgan fingerprint density at radius 3 is 1.92 bits per heavy atom. The molecule has 0 aliphatic heterocycles. The number of rotatable bonds is 3. The van der Waals surface area contributed by atoms with Crippen LogP contribution in [0.15, 0.2) is 83.9 Å². The van der Waals surface area contributed by atoms with Crippen LogP contribution in [0.3, 0.4) is 0 Å². The first kappa shape index (κ1) is 15.3. The number of nitrogens with zero attached hydrogens (tertiary/aromatic N) is 1. The first-order chi connectivity index (χ1) is 12.2. The summed E-state index contributed by atoms with van der Waals surface area (Å²) in [7, 11) is 0. The monoisotopic (exact) mass is 323 g/mol. The van der Waals surface area contributed by atoms with Crippen LogP contribution in [0.25, 0.3) is 21.5 Å². The number of carbonyl (C=O) groups excluding carboxylic acids is 1. The number of carbonyl (C=O) groups is 1. The molecule has 0 amide bonds. The van der Waals surface area contributed by atoms with Crippen molar-refractivity contribution in [2.75, 3.05) is 0 Å². The normalized spacial score (nSPS) is 11.4. The van der Waals surface area contributed by atoms with Gasteiger partial charge in [0.25, 0.3) is 0 Å². The number of fused-ring (bicyclic) bond motifs is 2. The van der Waals surface area contributed by atoms with Crippen LogP contribution in [0.4, 0.5) is 5.69 Å². The van der Waals surface area contributed by atoms with E-state index in [0.29, 0.717) is 5.56 Å². The Balaban J connectivity index is 1.85. The minimum Gasteiger partial charge on any atom is -0.295 e. The molecule has 0 aliphatic carbocycles. The predicted octanol–water partition coefficient (Wildman–Crippen LogP) is 5.95. The summed E-state index contributed by atoms with van der Waals surface area (Å²) in [5.41, 5.74) is 2.65. The van der Waals surface area contributed by atoms with Crippen LogP contribution in [-0.2, 0) is 0 Å². The highest BCUT2D eigenvalue weighted by Crippen LogP contribution is 2.27. The Hall–Kier alpha value is -3.26. The fraction of sp³-hybridized carbons (Fsp3) is 0.0435. The van der Waals surface area contributed by atoms with E-state index in [-0.39, 0.29) is 5.78 Å². The number of hydrogen-bond acceptors (Lipinski definition) is 2. The maximum Gasteiger partial charge on any atom is 0.159 e. The lowest BCUT2D eigenvalue weighted by molar-refractivity contribution is 0.101. The fourth-order valence-corrected chi connectivity index (χ4v) is 3.11. The van der Waals surface area contributed by atoms with Crippen LogP contribution >= 0.6 is 0 Å². The van der Waals surface area contributed by atoms with E-state index in [1.807, 2.05) is 30.5 Å². The van der Waals surface area contributed by atoms with Gasteiger partial charge in [-0.2, -0.15) is 0 Å². The van der Waals surface area contributed by atoms with Gasteiger partial charge in [0.05, 0.1) is 5.69 Å². The molecule has 0 atom stereocenters. The van der Waals surface area contributed by atoms with Gasteiger partial charge in [0, 0.05) is 17.3 Å². The molecule has 0 aliphatic rings. The van der Waals surface area contributed by atoms with Crippen molar-refractivity contribution in [2.45, 2.75) is 6.92 Å². The molecule has 120 valence electrons. The second kappa shape index (κ2) is 6.33. The van der Waals surface area contributed by atoms with Gasteiger partial charge in [-0.15, -0.1) is 0 Å². The molecular formula is C23H17NO. The van der Waals surface area contributed by atoms with E-state index < -0.39 is 0 Å². The molecule has 0 N–H and O–H groups in total. The molecule has 4 aromatic rings. The van der Waals surface area contributed by atoms with Crippen molar-refractivity contribution >= 4 is 39.2 Å². The zero-order chi connectivity index (χ0) is 17.2. The summed E-state index contributed by atoms with van der Waals surface area (Å²) in [6.07, 6.45) is 1.92. The second-order valence-corrected chi connectivity index (χ2v) is 6.09. The van der Waals surface area contributed by atoms with Gasteiger partial charge in [-0.05, 0) is 58.8 Å². The molecule has 25 heavy (non-hydrogen) atoms. The largest absolute Gasteiger partial charge is 0.295 e. The predicted molar refractivity (Wildman–Crippen MR) is 105 cm³/mol. The second-order valence-electron chi connectivity index (χ2n) is 6.09. The zero-order valence-corrected chi connectivity index (χ0v) is 13.9. The van der Waals surface area contributed by atoms with Gasteiger partial charge in [0.1, 0.15) is 0 Å². The maximum absolute atomic E-state index is 11.4. The Labute approximate surface area is 146 Å². The molecule has 2 heteroatoms. The van der Waals surface area contributed by atoms with Crippen molar-refractivity contribution in [2.24, 2.45) is 4.99 Å². The van der Waals surface area contributed by atoms with E-state index in [0.717, 1.165) is 11.3 Å². The summed E-state index contributed by atoms with van der Waals surface area (Å²) >= 11 is 0. The van der Waals surface area contributed by atoms with E-state index in [1.54, 1.807) is 6.92 Å². The van der Waals surface area contributed by atoms with Crippen molar-refractivity contribution in [3.63, 3.8) is 0 Å². The van der Waals surface area contributed by atoms with Gasteiger partial charge in [-0.25, -0.2) is 0 Å². The first-order valence-electron chi connectivity index (χ1n) is 8.28. The average molecular weight is 323 g/mol. The van der Waals surface area contributed by atoms with Crippen molar-refractivity contribution in [1.82, 2.24) is 0 Å². The first-order valence-corrected chi connectivity index (χ1v) is 8.28. The lowest BCUT2D eigenvalue weighted by Crippen LogP contribution is -1.90. The minimum absolute atomic E-state index is 0.0653. The maximum atomic E-state index is 11.4. The van der Waals surface area contributed by atoms with E-state index >= 15 is 0 Å². The van der Waals surface area contributed by atoms with E-state index in [4.69, 9.17) is 0 Å². The van der Waals surface area contributed by atoms with Crippen LogP contribution in [0.1, 0.15) is 22.8 Å². The Morgan fingerprint density at radius 2 is 1.36 bits per heavy atom. The fourth-order valence-electron chi connectivity index (χ4n) is 3.11. The summed E-state index contributed by atoms with van der Waals surface area (Å²) in [6.45, 7) is 1.57. The Morgan fingerprint density at radius 1 is 0.800 bits per heavy atom. The van der Waals surface area contributed by atoms with Crippen LogP contribution in [-0.4, -0.2) is 12.0 Å². The Kier molecular flexibility index (Phi) is 3.87. The van der Waals surface area contributed by atoms with Crippen LogP contribution in [0.2, 0.25) is 0 Å². The quantitative estimate of drug-likeness (QED) is 0.260. The molecule has 0 spiro atoms. The SMILES string of the molecule is CC(=O)c1ccc(N=Cc2c3ccccc3cc3ccccc23)cc1. The summed E-state index contributed by atoms with van der Waals surface area (Å²) < 4.78 is 0. The highest BCUT2D eigenvalue weighted by atomic mass is 16.1. The molecule has 0 saturated heterocycles. The van der Waals surface area contributed by atoms with Gasteiger partial charge >= 0.3 is 0 Å². The lowest BCUT2D eigenvalue weighted by atomic mass is 9.97. The topological polar surface area (TPSA) is 29.4 Å². The molecule has 0 bridgehead atoms. The number of Topliss-reactive ketones (excluding diaryl/α,β-unsaturated/α-hetero) is 1. The van der Waals surface area contributed by atoms with Gasteiger partial charge in [0.15, 0.2) is 5.78 Å². The molecule has 0 radical (unpaired) electrons. The van der Waals surface area contributed by atoms with E-state index in [9.17, 15) is 4.79 Å². The average Bonchev–Trinajstić information content (AvgIpc) is 2.65. The van der Waals surface area contributed by atoms with Crippen molar-refractivity contribution in [1.29, 1.82) is 0 Å². The molecule has 4 aromatic carbocycles. The van der Waals surface area contributed by atoms with Crippen molar-refractivity contribution in [3.05, 3.63) is 90.0 Å². The minimum atomic E-state index is 0.0653. The third-order valence-electron chi connectivity index (χ3n) is 4.43. The number of hydrogen-bond donors (Lipinski definition) is 0. The molecule has 0 fully saturated rings. The van der Waals surface area contributed by atoms with E-state index in [2.05, 4.69) is 59.6 Å². The molecule has 2 nitrogen and oxygen atoms in total. The van der Waals surface area contributed by atoms with Crippen LogP contribution < -0.4 is 0 Å². The lowest BCUT2D eigenvalue weighted by Gasteiger charge is -2.08. The Bertz CT molecular complexity index is 1050. The molecule has 0 saturated carbocycles. The van der Waals surface area contributed by atoms with Gasteiger partial charge < -0.3 is 0 Å². The zero-order valence-electron chi connectivity index (χ0n) is 13.9.